The number of nitrogens with zero attached hydrogens (tertiary/aromatic N) is 3. The molecule has 3 rings (SSSR count). The third-order valence-corrected chi connectivity index (χ3v) is 4.83. The summed E-state index contributed by atoms with van der Waals surface area (Å²) in [4.78, 5) is 2.68. The highest BCUT2D eigenvalue weighted by Gasteiger charge is 2.33. The van der Waals surface area contributed by atoms with E-state index in [1.54, 1.807) is 0 Å². The van der Waals surface area contributed by atoms with Crippen molar-refractivity contribution in [3.05, 3.63) is 18.0 Å². The maximum atomic E-state index is 4.64. The van der Waals surface area contributed by atoms with E-state index in [1.807, 2.05) is 0 Å². The highest BCUT2D eigenvalue weighted by Crippen LogP contribution is 2.31. The van der Waals surface area contributed by atoms with Gasteiger partial charge in [-0.25, -0.2) is 0 Å². The van der Waals surface area contributed by atoms with Gasteiger partial charge in [0.05, 0.1) is 5.69 Å². The van der Waals surface area contributed by atoms with Gasteiger partial charge in [-0.1, -0.05) is 6.92 Å². The Morgan fingerprint density at radius 1 is 1.40 bits per heavy atom. The molecule has 1 aliphatic carbocycles. The second-order valence-electron chi connectivity index (χ2n) is 6.56. The van der Waals surface area contributed by atoms with Gasteiger partial charge in [0.15, 0.2) is 0 Å². The van der Waals surface area contributed by atoms with E-state index in [-0.39, 0.29) is 0 Å². The Hall–Kier alpha value is -0.870. The molecule has 2 atom stereocenters. The lowest BCUT2D eigenvalue weighted by molar-refractivity contribution is 0.311. The third kappa shape index (κ3) is 3.41. The molecule has 20 heavy (non-hydrogen) atoms. The summed E-state index contributed by atoms with van der Waals surface area (Å²) in [5.74, 6) is 0.840. The number of aromatic nitrogens is 2. The Morgan fingerprint density at radius 3 is 3.00 bits per heavy atom. The average molecular weight is 276 g/mol. The van der Waals surface area contributed by atoms with Gasteiger partial charge < -0.3 is 10.2 Å². The van der Waals surface area contributed by atoms with Gasteiger partial charge in [-0.2, -0.15) is 5.10 Å². The van der Waals surface area contributed by atoms with Crippen molar-refractivity contribution >= 4 is 0 Å². The van der Waals surface area contributed by atoms with Crippen molar-refractivity contribution in [3.63, 3.8) is 0 Å². The van der Waals surface area contributed by atoms with Crippen LogP contribution in [0.5, 0.6) is 0 Å². The number of hydrogen-bond donors (Lipinski definition) is 1. The molecule has 0 radical (unpaired) electrons. The Bertz CT molecular complexity index is 424. The molecule has 1 saturated carbocycles. The molecule has 1 aromatic rings. The molecular formula is C16H28N4. The lowest BCUT2D eigenvalue weighted by atomic mass is 10.1. The highest BCUT2D eigenvalue weighted by molar-refractivity contribution is 4.99. The molecule has 1 saturated heterocycles. The maximum Gasteiger partial charge on any atom is 0.0762 e. The Balaban J connectivity index is 1.38. The van der Waals surface area contributed by atoms with Gasteiger partial charge in [-0.3, -0.25) is 4.68 Å². The van der Waals surface area contributed by atoms with Crippen molar-refractivity contribution in [1.82, 2.24) is 20.0 Å². The zero-order valence-electron chi connectivity index (χ0n) is 12.9. The molecule has 1 aliphatic heterocycles. The van der Waals surface area contributed by atoms with Gasteiger partial charge in [0.25, 0.3) is 0 Å². The molecule has 0 spiro atoms. The minimum Gasteiger partial charge on any atom is -0.311 e. The van der Waals surface area contributed by atoms with Crippen molar-refractivity contribution in [2.75, 3.05) is 19.6 Å². The zero-order chi connectivity index (χ0) is 13.9. The summed E-state index contributed by atoms with van der Waals surface area (Å²) in [6, 6.07) is 3.58. The van der Waals surface area contributed by atoms with E-state index in [4.69, 9.17) is 0 Å². The quantitative estimate of drug-likeness (QED) is 0.830. The predicted molar refractivity (Wildman–Crippen MR) is 81.6 cm³/mol. The Kier molecular flexibility index (Phi) is 4.41. The summed E-state index contributed by atoms with van der Waals surface area (Å²) >= 11 is 0. The second-order valence-corrected chi connectivity index (χ2v) is 6.56. The average Bonchev–Trinajstić information content (AvgIpc) is 3.02. The summed E-state index contributed by atoms with van der Waals surface area (Å²) in [7, 11) is 0. The third-order valence-electron chi connectivity index (χ3n) is 4.83. The number of rotatable bonds is 7. The van der Waals surface area contributed by atoms with Crippen LogP contribution < -0.4 is 5.32 Å². The Morgan fingerprint density at radius 2 is 2.25 bits per heavy atom. The van der Waals surface area contributed by atoms with Crippen LogP contribution in [0.4, 0.5) is 0 Å². The molecule has 1 aromatic heterocycles. The zero-order valence-corrected chi connectivity index (χ0v) is 12.9. The molecule has 2 heterocycles. The lowest BCUT2D eigenvalue weighted by Crippen LogP contribution is -2.27. The van der Waals surface area contributed by atoms with Gasteiger partial charge in [-0.15, -0.1) is 0 Å². The normalized spacial score (nSPS) is 25.2. The minimum absolute atomic E-state index is 0.505. The number of likely N-dealkylation sites (tertiary alicyclic amines) is 1. The first-order valence-electron chi connectivity index (χ1n) is 8.25. The molecular weight excluding hydrogens is 248 g/mol. The van der Waals surface area contributed by atoms with Gasteiger partial charge in [0.2, 0.25) is 0 Å². The van der Waals surface area contributed by atoms with Gasteiger partial charge in [0.1, 0.15) is 0 Å². The smallest absolute Gasteiger partial charge is 0.0762 e. The number of hydrogen-bond acceptors (Lipinski definition) is 3. The molecule has 0 aromatic carbocycles. The van der Waals surface area contributed by atoms with Crippen LogP contribution in [-0.2, 0) is 6.54 Å². The summed E-state index contributed by atoms with van der Waals surface area (Å²) in [6.45, 7) is 9.09. The molecule has 0 bridgehead atoms. The maximum absolute atomic E-state index is 4.64. The van der Waals surface area contributed by atoms with Crippen LogP contribution in [0.1, 0.15) is 51.3 Å². The summed E-state index contributed by atoms with van der Waals surface area (Å²) in [6.07, 6.45) is 7.48. The summed E-state index contributed by atoms with van der Waals surface area (Å²) in [5, 5.41) is 8.23. The van der Waals surface area contributed by atoms with Crippen molar-refractivity contribution in [2.24, 2.45) is 5.92 Å². The van der Waals surface area contributed by atoms with Gasteiger partial charge in [-0.05, 0) is 57.7 Å². The fourth-order valence-electron chi connectivity index (χ4n) is 3.11. The molecule has 112 valence electrons. The minimum atomic E-state index is 0.505. The Labute approximate surface area is 122 Å². The van der Waals surface area contributed by atoms with Crippen LogP contribution in [0.2, 0.25) is 0 Å². The number of nitrogens with one attached hydrogen (secondary N) is 1. The molecule has 2 aliphatic rings. The lowest BCUT2D eigenvalue weighted by Gasteiger charge is -2.14. The molecule has 4 nitrogen and oxygen atoms in total. The second kappa shape index (κ2) is 6.27. The van der Waals surface area contributed by atoms with E-state index in [0.29, 0.717) is 6.04 Å². The molecule has 2 fully saturated rings. The topological polar surface area (TPSA) is 33.1 Å². The standard InChI is InChI=1S/C16H28N4/c1-3-13(2)20-9-7-15(18-20)11-17-10-14-6-8-19(12-14)16-4-5-16/h7,9,13-14,16-17H,3-6,8,10-12H2,1-2H3. The monoisotopic (exact) mass is 276 g/mol. The van der Waals surface area contributed by atoms with E-state index >= 15 is 0 Å². The van der Waals surface area contributed by atoms with Crippen molar-refractivity contribution < 1.29 is 0 Å². The summed E-state index contributed by atoms with van der Waals surface area (Å²) in [5.41, 5.74) is 1.17. The van der Waals surface area contributed by atoms with E-state index < -0.39 is 0 Å². The summed E-state index contributed by atoms with van der Waals surface area (Å²) < 4.78 is 2.08. The molecule has 2 unspecified atom stereocenters. The van der Waals surface area contributed by atoms with Gasteiger partial charge >= 0.3 is 0 Å². The first kappa shape index (κ1) is 14.1. The van der Waals surface area contributed by atoms with Crippen LogP contribution in [-0.4, -0.2) is 40.4 Å². The van der Waals surface area contributed by atoms with Gasteiger partial charge in [0, 0.05) is 31.4 Å². The largest absolute Gasteiger partial charge is 0.311 e. The van der Waals surface area contributed by atoms with Crippen LogP contribution in [0.25, 0.3) is 0 Å². The predicted octanol–water partition coefficient (Wildman–Crippen LogP) is 2.43. The van der Waals surface area contributed by atoms with Crippen LogP contribution in [0.3, 0.4) is 0 Å². The van der Waals surface area contributed by atoms with Crippen LogP contribution >= 0.6 is 0 Å². The molecule has 1 N–H and O–H groups in total. The van der Waals surface area contributed by atoms with E-state index in [0.717, 1.165) is 31.5 Å². The van der Waals surface area contributed by atoms with E-state index in [2.05, 4.69) is 46.1 Å². The van der Waals surface area contributed by atoms with E-state index in [1.165, 1.54) is 38.0 Å². The van der Waals surface area contributed by atoms with Crippen LogP contribution in [0, 0.1) is 5.92 Å². The SMILES string of the molecule is CCC(C)n1ccc(CNCC2CCN(C3CC3)C2)n1. The fraction of sp³-hybridized carbons (Fsp3) is 0.812. The van der Waals surface area contributed by atoms with E-state index in [9.17, 15) is 0 Å². The highest BCUT2D eigenvalue weighted by atomic mass is 15.3. The van der Waals surface area contributed by atoms with Crippen LogP contribution in [0.15, 0.2) is 12.3 Å². The molecule has 4 heteroatoms. The first-order valence-corrected chi connectivity index (χ1v) is 8.25. The fourth-order valence-corrected chi connectivity index (χ4v) is 3.11. The molecule has 0 amide bonds. The van der Waals surface area contributed by atoms with Crippen molar-refractivity contribution in [2.45, 2.75) is 58.2 Å². The van der Waals surface area contributed by atoms with Crippen molar-refractivity contribution in [3.8, 4) is 0 Å². The van der Waals surface area contributed by atoms with Crippen molar-refractivity contribution in [1.29, 1.82) is 0 Å². The first-order chi connectivity index (χ1) is 9.76.